The molecule has 0 aliphatic carbocycles. The number of nitriles is 3. The predicted octanol–water partition coefficient (Wildman–Crippen LogP) is 17.8. The molecule has 0 spiro atoms. The number of nitrogens with one attached hydrogen (secondary N) is 1. The van der Waals surface area contributed by atoms with E-state index >= 15 is 0 Å². The minimum Gasteiger partial charge on any atom is -0.360 e. The molecule has 0 bridgehead atoms. The third-order valence-corrected chi connectivity index (χ3v) is 14.9. The van der Waals surface area contributed by atoms with Crippen molar-refractivity contribution in [2.24, 2.45) is 4.99 Å². The number of aliphatic imine (C=N–C) groups is 1. The van der Waals surface area contributed by atoms with Gasteiger partial charge in [0.25, 0.3) is 0 Å². The highest BCUT2D eigenvalue weighted by Gasteiger charge is 2.23. The number of aromatic nitrogens is 1. The molecule has 1 unspecified atom stereocenters. The van der Waals surface area contributed by atoms with Crippen molar-refractivity contribution < 1.29 is 0 Å². The van der Waals surface area contributed by atoms with E-state index in [0.717, 1.165) is 112 Å². The van der Waals surface area contributed by atoms with Crippen LogP contribution in [0.1, 0.15) is 39.5 Å². The van der Waals surface area contributed by atoms with Crippen LogP contribution in [0.25, 0.3) is 55.4 Å². The molecule has 1 N–H and O–H groups in total. The lowest BCUT2D eigenvalue weighted by Gasteiger charge is -2.26. The average Bonchev–Trinajstić information content (AvgIpc) is 4.14. The Hall–Kier alpha value is -11.5. The summed E-state index contributed by atoms with van der Waals surface area (Å²) in [6, 6.07) is 99.8. The number of benzene rings is 11. The van der Waals surface area contributed by atoms with Crippen LogP contribution in [-0.4, -0.2) is 10.3 Å². The molecule has 0 fully saturated rings. The molecule has 1 atom stereocenters. The van der Waals surface area contributed by atoms with Crippen LogP contribution in [0.15, 0.2) is 284 Å². The summed E-state index contributed by atoms with van der Waals surface area (Å²) in [5.41, 5.74) is 19.3. The SMILES string of the molecule is N#Cc1ccc(N(c2ccc(C#N)cc2)c2ccc3c(c2)c2cc(N(c4ccccc4)c4ccccc4)ccc2n3-c2ccc(-c3ccc(-c4ccc(C5=CC(c6ccccc6)=NC(c6ccccc6)N5)cc4)cc3C#N)cc2)cc1. The molecule has 380 valence electrons. The first-order chi connectivity index (χ1) is 40.0. The molecule has 0 saturated heterocycles. The van der Waals surface area contributed by atoms with E-state index in [2.05, 4.69) is 214 Å². The van der Waals surface area contributed by atoms with Crippen LogP contribution in [0.3, 0.4) is 0 Å². The normalized spacial score (nSPS) is 12.8. The van der Waals surface area contributed by atoms with Crippen LogP contribution in [0.4, 0.5) is 34.1 Å². The van der Waals surface area contributed by atoms with Gasteiger partial charge in [-0.2, -0.15) is 15.8 Å². The first-order valence-electron chi connectivity index (χ1n) is 26.7. The second-order valence-electron chi connectivity index (χ2n) is 19.8. The summed E-state index contributed by atoms with van der Waals surface area (Å²) >= 11 is 0. The highest BCUT2D eigenvalue weighted by atomic mass is 15.2. The Morgan fingerprint density at radius 3 is 1.36 bits per heavy atom. The largest absolute Gasteiger partial charge is 0.360 e. The molecule has 0 amide bonds. The summed E-state index contributed by atoms with van der Waals surface area (Å²) in [6.07, 6.45) is 1.88. The third-order valence-electron chi connectivity index (χ3n) is 14.9. The van der Waals surface area contributed by atoms with Crippen molar-refractivity contribution in [1.29, 1.82) is 15.8 Å². The van der Waals surface area contributed by atoms with Gasteiger partial charge in [-0.3, -0.25) is 4.99 Å². The Bertz CT molecular complexity index is 4380. The second-order valence-corrected chi connectivity index (χ2v) is 19.8. The first-order valence-corrected chi connectivity index (χ1v) is 26.7. The molecule has 1 aliphatic rings. The van der Waals surface area contributed by atoms with Gasteiger partial charge in [0.1, 0.15) is 6.17 Å². The summed E-state index contributed by atoms with van der Waals surface area (Å²) in [6.45, 7) is 0. The number of para-hydroxylation sites is 2. The van der Waals surface area contributed by atoms with E-state index in [-0.39, 0.29) is 6.17 Å². The third kappa shape index (κ3) is 9.61. The van der Waals surface area contributed by atoms with Crippen LogP contribution in [0, 0.1) is 34.0 Å². The maximum atomic E-state index is 10.7. The number of rotatable bonds is 12. The molecular weight excluding hydrogens is 989 g/mol. The van der Waals surface area contributed by atoms with E-state index in [1.54, 1.807) is 0 Å². The van der Waals surface area contributed by atoms with Crippen molar-refractivity contribution in [3.8, 4) is 46.1 Å². The van der Waals surface area contributed by atoms with Crippen LogP contribution >= 0.6 is 0 Å². The Morgan fingerprint density at radius 2 is 0.840 bits per heavy atom. The molecule has 1 aromatic heterocycles. The van der Waals surface area contributed by atoms with Gasteiger partial charge in [-0.05, 0) is 172 Å². The van der Waals surface area contributed by atoms with Gasteiger partial charge in [0.2, 0.25) is 0 Å². The lowest BCUT2D eigenvalue weighted by Crippen LogP contribution is -2.24. The van der Waals surface area contributed by atoms with Crippen molar-refractivity contribution in [2.45, 2.75) is 6.17 Å². The van der Waals surface area contributed by atoms with Gasteiger partial charge in [-0.25, -0.2) is 0 Å². The van der Waals surface area contributed by atoms with Crippen LogP contribution in [-0.2, 0) is 0 Å². The van der Waals surface area contributed by atoms with E-state index in [9.17, 15) is 15.8 Å². The fourth-order valence-corrected chi connectivity index (χ4v) is 10.9. The van der Waals surface area contributed by atoms with Crippen molar-refractivity contribution >= 4 is 67.3 Å². The predicted molar refractivity (Wildman–Crippen MR) is 328 cm³/mol. The molecular formula is C73H48N8. The second kappa shape index (κ2) is 21.5. The number of nitrogens with zero attached hydrogens (tertiary/aromatic N) is 7. The van der Waals surface area contributed by atoms with Gasteiger partial charge in [-0.1, -0.05) is 146 Å². The van der Waals surface area contributed by atoms with E-state index in [1.807, 2.05) is 103 Å². The summed E-state index contributed by atoms with van der Waals surface area (Å²) in [7, 11) is 0. The van der Waals surface area contributed by atoms with Gasteiger partial charge >= 0.3 is 0 Å². The maximum Gasteiger partial charge on any atom is 0.145 e. The highest BCUT2D eigenvalue weighted by Crippen LogP contribution is 2.43. The number of hydrogen-bond acceptors (Lipinski definition) is 7. The fourth-order valence-electron chi connectivity index (χ4n) is 10.9. The molecule has 11 aromatic carbocycles. The summed E-state index contributed by atoms with van der Waals surface area (Å²) < 4.78 is 2.30. The quantitative estimate of drug-likeness (QED) is 0.131. The molecule has 8 nitrogen and oxygen atoms in total. The van der Waals surface area contributed by atoms with E-state index in [1.165, 1.54) is 0 Å². The van der Waals surface area contributed by atoms with Crippen molar-refractivity contribution in [2.75, 3.05) is 9.80 Å². The van der Waals surface area contributed by atoms with E-state index < -0.39 is 0 Å². The summed E-state index contributed by atoms with van der Waals surface area (Å²) in [4.78, 5) is 9.53. The monoisotopic (exact) mass is 1040 g/mol. The molecule has 0 saturated carbocycles. The van der Waals surface area contributed by atoms with Crippen LogP contribution in [0.2, 0.25) is 0 Å². The molecule has 13 rings (SSSR count). The zero-order valence-electron chi connectivity index (χ0n) is 43.8. The number of fused-ring (bicyclic) bond motifs is 3. The number of allylic oxidation sites excluding steroid dienone is 1. The maximum absolute atomic E-state index is 10.7. The van der Waals surface area contributed by atoms with Crippen molar-refractivity contribution in [3.05, 3.63) is 312 Å². The van der Waals surface area contributed by atoms with Gasteiger partial charge in [0.05, 0.1) is 51.6 Å². The number of hydrogen-bond donors (Lipinski definition) is 1. The van der Waals surface area contributed by atoms with Gasteiger partial charge < -0.3 is 19.7 Å². The van der Waals surface area contributed by atoms with Gasteiger partial charge in [0, 0.05) is 56.3 Å². The van der Waals surface area contributed by atoms with Crippen LogP contribution in [0.5, 0.6) is 0 Å². The minimum atomic E-state index is -0.235. The lowest BCUT2D eigenvalue weighted by atomic mass is 9.94. The summed E-state index contributed by atoms with van der Waals surface area (Å²) in [5, 5.41) is 35.9. The summed E-state index contributed by atoms with van der Waals surface area (Å²) in [5.74, 6) is 0. The van der Waals surface area contributed by atoms with Crippen molar-refractivity contribution in [3.63, 3.8) is 0 Å². The van der Waals surface area contributed by atoms with Crippen LogP contribution < -0.4 is 15.1 Å². The highest BCUT2D eigenvalue weighted by molar-refractivity contribution is 6.13. The lowest BCUT2D eigenvalue weighted by molar-refractivity contribution is 0.664. The Kier molecular flexibility index (Phi) is 13.0. The Labute approximate surface area is 470 Å². The Balaban J connectivity index is 0.866. The standard InChI is InChI=1S/C73H48N8/c74-47-50-21-32-61(33-22-50)80(62-34-23-51(48-75)24-35-62)65-39-42-72-68(45-65)67-44-64(79(59-17-9-3-10-18-59)60-19-11-4-12-20-60)38-41-71(67)81(72)63-36-29-53(30-37-63)66-40-31-57(43-58(66)49-76)52-25-27-55(28-26-52)70-46-69(54-13-5-1-6-14-54)77-73(78-70)56-15-7-2-8-16-56/h1-46,73,78H. The number of anilines is 6. The van der Waals surface area contributed by atoms with E-state index in [0.29, 0.717) is 16.7 Å². The van der Waals surface area contributed by atoms with E-state index in [4.69, 9.17) is 4.99 Å². The zero-order valence-corrected chi connectivity index (χ0v) is 43.8. The molecule has 12 aromatic rings. The molecule has 8 heteroatoms. The molecule has 0 radical (unpaired) electrons. The molecule has 81 heavy (non-hydrogen) atoms. The van der Waals surface area contributed by atoms with Gasteiger partial charge in [0.15, 0.2) is 0 Å². The topological polar surface area (TPSA) is 107 Å². The Morgan fingerprint density at radius 1 is 0.383 bits per heavy atom. The average molecular weight is 1040 g/mol. The smallest absolute Gasteiger partial charge is 0.145 e. The fraction of sp³-hybridized carbons (Fsp3) is 0.0137. The molecule has 2 heterocycles. The first kappa shape index (κ1) is 49.1. The van der Waals surface area contributed by atoms with Gasteiger partial charge in [-0.15, -0.1) is 0 Å². The van der Waals surface area contributed by atoms with Crippen molar-refractivity contribution in [1.82, 2.24) is 9.88 Å². The zero-order chi connectivity index (χ0) is 54.7. The molecule has 1 aliphatic heterocycles. The minimum absolute atomic E-state index is 0.235.